The van der Waals surface area contributed by atoms with Crippen LogP contribution in [0.5, 0.6) is 0 Å². The van der Waals surface area contributed by atoms with Gasteiger partial charge in [-0.2, -0.15) is 10.7 Å². The number of benzene rings is 2. The van der Waals surface area contributed by atoms with Gasteiger partial charge in [-0.15, -0.1) is 0 Å². The largest absolute Gasteiger partial charge is 0.363 e. The number of aromatic nitrogens is 1. The highest BCUT2D eigenvalue weighted by molar-refractivity contribution is 5.93. The van der Waals surface area contributed by atoms with Crippen molar-refractivity contribution in [1.29, 1.82) is 5.26 Å². The molecule has 0 saturated heterocycles. The third-order valence-electron chi connectivity index (χ3n) is 5.60. The van der Waals surface area contributed by atoms with Gasteiger partial charge in [-0.05, 0) is 43.5 Å². The van der Waals surface area contributed by atoms with Crippen molar-refractivity contribution in [2.24, 2.45) is 5.92 Å². The van der Waals surface area contributed by atoms with Crippen molar-refractivity contribution in [2.45, 2.75) is 33.1 Å². The van der Waals surface area contributed by atoms with E-state index < -0.39 is 22.7 Å². The molecule has 1 heterocycles. The molecule has 178 valence electrons. The molecule has 3 aromatic rings. The highest BCUT2D eigenvalue weighted by Crippen LogP contribution is 2.23. The minimum Gasteiger partial charge on any atom is -0.335 e. The number of hydrogen-bond donors (Lipinski definition) is 1. The highest BCUT2D eigenvalue weighted by Gasteiger charge is 2.23. The average molecular weight is 473 g/mol. The maximum Gasteiger partial charge on any atom is 0.363 e. The van der Waals surface area contributed by atoms with Gasteiger partial charge in [0.15, 0.2) is 0 Å². The molecule has 0 spiro atoms. The highest BCUT2D eigenvalue weighted by atomic mass is 16.7. The van der Waals surface area contributed by atoms with Crippen LogP contribution in [-0.2, 0) is 16.1 Å². The van der Waals surface area contributed by atoms with E-state index in [0.717, 1.165) is 17.5 Å². The monoisotopic (exact) mass is 472 g/mol. The van der Waals surface area contributed by atoms with Crippen molar-refractivity contribution < 1.29 is 19.3 Å². The Bertz CT molecular complexity index is 1280. The number of nitro groups is 1. The number of hydrogen-bond acceptors (Lipinski definition) is 7. The normalized spacial score (nSPS) is 11.2. The van der Waals surface area contributed by atoms with Gasteiger partial charge >= 0.3 is 5.97 Å². The van der Waals surface area contributed by atoms with Gasteiger partial charge in [0.2, 0.25) is 0 Å². The van der Waals surface area contributed by atoms with Crippen LogP contribution >= 0.6 is 0 Å². The lowest BCUT2D eigenvalue weighted by molar-refractivity contribution is -0.385. The van der Waals surface area contributed by atoms with Gasteiger partial charge in [0.05, 0.1) is 27.8 Å². The molecule has 1 unspecified atom stereocenters. The summed E-state index contributed by atoms with van der Waals surface area (Å²) in [4.78, 5) is 45.1. The van der Waals surface area contributed by atoms with E-state index in [1.54, 1.807) is 24.4 Å². The fourth-order valence-corrected chi connectivity index (χ4v) is 3.74. The van der Waals surface area contributed by atoms with Crippen molar-refractivity contribution in [2.75, 3.05) is 0 Å². The number of rotatable bonds is 8. The third kappa shape index (κ3) is 6.06. The van der Waals surface area contributed by atoms with E-state index in [-0.39, 0.29) is 16.8 Å². The molecule has 0 saturated carbocycles. The summed E-state index contributed by atoms with van der Waals surface area (Å²) in [6.07, 6.45) is 3.33. The summed E-state index contributed by atoms with van der Waals surface area (Å²) in [5.41, 5.74) is 4.88. The topological polar surface area (TPSA) is 135 Å². The van der Waals surface area contributed by atoms with E-state index in [9.17, 15) is 25.0 Å². The number of amides is 1. The van der Waals surface area contributed by atoms with Gasteiger partial charge in [-0.3, -0.25) is 19.9 Å². The van der Waals surface area contributed by atoms with E-state index >= 15 is 0 Å². The van der Waals surface area contributed by atoms with Crippen LogP contribution in [0.4, 0.5) is 5.69 Å². The molecule has 3 rings (SSSR count). The Kier molecular flexibility index (Phi) is 8.24. The van der Waals surface area contributed by atoms with Crippen LogP contribution in [-0.4, -0.2) is 21.8 Å². The first-order valence-corrected chi connectivity index (χ1v) is 11.0. The molecule has 1 N–H and O–H groups in total. The molecule has 35 heavy (non-hydrogen) atoms. The zero-order chi connectivity index (χ0) is 25.4. The molecule has 2 aromatic carbocycles. The van der Waals surface area contributed by atoms with Gasteiger partial charge in [-0.1, -0.05) is 43.7 Å². The van der Waals surface area contributed by atoms with Crippen LogP contribution in [0.1, 0.15) is 46.8 Å². The minimum atomic E-state index is -0.878. The summed E-state index contributed by atoms with van der Waals surface area (Å²) in [5, 5.41) is 20.4. The zero-order valence-corrected chi connectivity index (χ0v) is 19.4. The lowest BCUT2D eigenvalue weighted by atomic mass is 9.95. The van der Waals surface area contributed by atoms with Crippen LogP contribution in [0.25, 0.3) is 11.3 Å². The Labute approximate surface area is 202 Å². The standard InChI is InChI=1S/C26H24N4O5/c1-3-7-19(14-18-12-13-23(28-16-18)22-9-5-4-8-20(22)15-27)25(31)29-35-26(32)21-10-6-11-24(17(21)2)30(33)34/h4-6,8-13,16,19H,3,7,14H2,1-2H3,(H,29,31). The van der Waals surface area contributed by atoms with Crippen molar-refractivity contribution >= 4 is 17.6 Å². The maximum atomic E-state index is 12.8. The number of nitrogens with zero attached hydrogens (tertiary/aromatic N) is 3. The Hall–Kier alpha value is -4.58. The number of hydroxylamine groups is 1. The predicted molar refractivity (Wildman–Crippen MR) is 128 cm³/mol. The summed E-state index contributed by atoms with van der Waals surface area (Å²) in [6, 6.07) is 17.1. The number of carbonyl (C=O) groups excluding carboxylic acids is 2. The van der Waals surface area contributed by atoms with Crippen molar-refractivity contribution in [3.05, 3.63) is 93.2 Å². The van der Waals surface area contributed by atoms with Crippen LogP contribution in [0.3, 0.4) is 0 Å². The second-order valence-corrected chi connectivity index (χ2v) is 7.96. The Morgan fingerprint density at radius 2 is 1.94 bits per heavy atom. The van der Waals surface area contributed by atoms with E-state index in [4.69, 9.17) is 4.84 Å². The third-order valence-corrected chi connectivity index (χ3v) is 5.60. The first-order valence-electron chi connectivity index (χ1n) is 11.0. The van der Waals surface area contributed by atoms with Crippen molar-refractivity contribution in [3.63, 3.8) is 0 Å². The summed E-state index contributed by atoms with van der Waals surface area (Å²) in [5.74, 6) is -1.82. The quantitative estimate of drug-likeness (QED) is 0.371. The van der Waals surface area contributed by atoms with E-state index in [1.807, 2.05) is 25.1 Å². The molecule has 9 nitrogen and oxygen atoms in total. The summed E-state index contributed by atoms with van der Waals surface area (Å²) in [6.45, 7) is 3.39. The molecule has 0 aliphatic carbocycles. The Morgan fingerprint density at radius 1 is 1.17 bits per heavy atom. The zero-order valence-electron chi connectivity index (χ0n) is 19.4. The summed E-state index contributed by atoms with van der Waals surface area (Å²) < 4.78 is 0. The van der Waals surface area contributed by atoms with Crippen LogP contribution in [0.15, 0.2) is 60.8 Å². The van der Waals surface area contributed by atoms with E-state index in [1.165, 1.54) is 25.1 Å². The van der Waals surface area contributed by atoms with Gasteiger partial charge in [0.1, 0.15) is 0 Å². The molecule has 1 amide bonds. The predicted octanol–water partition coefficient (Wildman–Crippen LogP) is 4.68. The molecule has 0 radical (unpaired) electrons. The van der Waals surface area contributed by atoms with Crippen LogP contribution in [0, 0.1) is 34.3 Å². The second kappa shape index (κ2) is 11.5. The molecule has 9 heteroatoms. The fourth-order valence-electron chi connectivity index (χ4n) is 3.74. The lowest BCUT2D eigenvalue weighted by Gasteiger charge is -2.16. The first-order chi connectivity index (χ1) is 16.8. The number of nitro benzene ring substituents is 1. The molecular formula is C26H24N4O5. The average Bonchev–Trinajstić information content (AvgIpc) is 2.87. The number of nitriles is 1. The molecule has 0 bridgehead atoms. The minimum absolute atomic E-state index is 0.00369. The SMILES string of the molecule is CCCC(Cc1ccc(-c2ccccc2C#N)nc1)C(=O)NOC(=O)c1cccc([N+](=O)[O-])c1C. The Balaban J connectivity index is 1.67. The van der Waals surface area contributed by atoms with Gasteiger partial charge < -0.3 is 4.84 Å². The number of nitrogens with one attached hydrogen (secondary N) is 1. The van der Waals surface area contributed by atoms with Crippen LogP contribution in [0.2, 0.25) is 0 Å². The Morgan fingerprint density at radius 3 is 2.60 bits per heavy atom. The number of pyridine rings is 1. The first kappa shape index (κ1) is 25.1. The smallest absolute Gasteiger partial charge is 0.335 e. The summed E-state index contributed by atoms with van der Waals surface area (Å²) in [7, 11) is 0. The molecular weight excluding hydrogens is 448 g/mol. The fraction of sp³-hybridized carbons (Fsp3) is 0.231. The van der Waals surface area contributed by atoms with Crippen molar-refractivity contribution in [1.82, 2.24) is 10.5 Å². The molecule has 0 aliphatic rings. The van der Waals surface area contributed by atoms with Crippen molar-refractivity contribution in [3.8, 4) is 17.3 Å². The second-order valence-electron chi connectivity index (χ2n) is 7.96. The lowest BCUT2D eigenvalue weighted by Crippen LogP contribution is -2.34. The van der Waals surface area contributed by atoms with E-state index in [2.05, 4.69) is 16.5 Å². The van der Waals surface area contributed by atoms with Crippen LogP contribution < -0.4 is 5.48 Å². The maximum absolute atomic E-state index is 12.8. The van der Waals surface area contributed by atoms with Gasteiger partial charge in [0, 0.05) is 29.3 Å². The molecule has 0 aliphatic heterocycles. The molecule has 0 fully saturated rings. The molecule has 1 atom stereocenters. The van der Waals surface area contributed by atoms with Gasteiger partial charge in [-0.25, -0.2) is 4.79 Å². The summed E-state index contributed by atoms with van der Waals surface area (Å²) >= 11 is 0. The molecule has 1 aromatic heterocycles. The van der Waals surface area contributed by atoms with E-state index in [0.29, 0.717) is 24.1 Å². The number of carbonyl (C=O) groups is 2. The van der Waals surface area contributed by atoms with Gasteiger partial charge in [0.25, 0.3) is 11.6 Å².